The SMILES string of the molecule is CC(c1ccnc(-c2ccc(F)cc2)c1)C1(C(C)c2ccnc(-c3ccc(F)cc3)c2)NC(=O)N(c2ccc(SC(F)(F)F)cc2)C1=O. The molecule has 1 fully saturated rings. The Bertz CT molecular complexity index is 1870. The van der Waals surface area contributed by atoms with E-state index in [4.69, 9.17) is 0 Å². The van der Waals surface area contributed by atoms with Crippen LogP contribution in [0.3, 0.4) is 0 Å². The quantitative estimate of drug-likeness (QED) is 0.101. The van der Waals surface area contributed by atoms with Crippen LogP contribution in [0.4, 0.5) is 32.4 Å². The molecule has 3 amide bonds. The Balaban J connectivity index is 1.44. The van der Waals surface area contributed by atoms with Gasteiger partial charge in [-0.3, -0.25) is 14.8 Å². The molecule has 1 saturated heterocycles. The van der Waals surface area contributed by atoms with Crippen LogP contribution in [0.2, 0.25) is 0 Å². The zero-order valence-electron chi connectivity index (χ0n) is 25.5. The Morgan fingerprint density at radius 1 is 0.708 bits per heavy atom. The molecular formula is C36H27F5N4O2S. The van der Waals surface area contributed by atoms with Crippen LogP contribution in [0.5, 0.6) is 0 Å². The molecule has 0 saturated carbocycles. The summed E-state index contributed by atoms with van der Waals surface area (Å²) >= 11 is -0.299. The third kappa shape index (κ3) is 6.40. The number of pyridine rings is 2. The van der Waals surface area contributed by atoms with Gasteiger partial charge < -0.3 is 5.32 Å². The third-order valence-electron chi connectivity index (χ3n) is 8.62. The van der Waals surface area contributed by atoms with Crippen LogP contribution in [0.25, 0.3) is 22.5 Å². The lowest BCUT2D eigenvalue weighted by molar-refractivity contribution is -0.123. The van der Waals surface area contributed by atoms with Gasteiger partial charge in [-0.2, -0.15) is 13.2 Å². The first kappa shape index (κ1) is 32.8. The standard InChI is InChI=1S/C36H27F5N4O2S/c1-21(25-15-17-42-31(19-25)23-3-7-27(37)8-4-23)35(22(2)26-16-18-43-32(20-26)24-5-9-28(38)10-6-24)33(46)45(34(47)44-35)29-11-13-30(14-12-29)48-36(39,40)41/h3-22H,1-2H3,(H,44,47). The Hall–Kier alpha value is -5.10. The average Bonchev–Trinajstić information content (AvgIpc) is 3.34. The van der Waals surface area contributed by atoms with Crippen molar-refractivity contribution in [1.82, 2.24) is 15.3 Å². The largest absolute Gasteiger partial charge is 0.446 e. The summed E-state index contributed by atoms with van der Waals surface area (Å²) < 4.78 is 66.2. The molecule has 48 heavy (non-hydrogen) atoms. The maximum Gasteiger partial charge on any atom is 0.446 e. The number of aromatic nitrogens is 2. The lowest BCUT2D eigenvalue weighted by Crippen LogP contribution is -2.55. The maximum atomic E-state index is 14.7. The minimum absolute atomic E-state index is 0.0958. The predicted molar refractivity (Wildman–Crippen MR) is 173 cm³/mol. The summed E-state index contributed by atoms with van der Waals surface area (Å²) in [6.07, 6.45) is 3.13. The molecule has 2 unspecified atom stereocenters. The van der Waals surface area contributed by atoms with Gasteiger partial charge in [0.25, 0.3) is 5.91 Å². The maximum absolute atomic E-state index is 14.7. The van der Waals surface area contributed by atoms with Gasteiger partial charge >= 0.3 is 11.5 Å². The molecule has 0 spiro atoms. The molecule has 1 aliphatic rings. The molecule has 2 aromatic heterocycles. The molecule has 5 aromatic rings. The number of carbonyl (C=O) groups excluding carboxylic acids is 2. The van der Waals surface area contributed by atoms with E-state index in [1.54, 1.807) is 74.8 Å². The molecule has 6 nitrogen and oxygen atoms in total. The predicted octanol–water partition coefficient (Wildman–Crippen LogP) is 9.10. The summed E-state index contributed by atoms with van der Waals surface area (Å²) in [5, 5.41) is 2.96. The van der Waals surface area contributed by atoms with Crippen molar-refractivity contribution in [2.45, 2.75) is 41.6 Å². The monoisotopic (exact) mass is 674 g/mol. The van der Waals surface area contributed by atoms with Gasteiger partial charge in [0, 0.05) is 40.3 Å². The molecule has 0 bridgehead atoms. The van der Waals surface area contributed by atoms with Crippen LogP contribution in [0, 0.1) is 11.6 Å². The molecule has 2 atom stereocenters. The normalized spacial score (nSPS) is 17.7. The topological polar surface area (TPSA) is 75.2 Å². The Kier molecular flexibility index (Phi) is 8.78. The van der Waals surface area contributed by atoms with E-state index in [9.17, 15) is 31.5 Å². The molecule has 1 N–H and O–H groups in total. The molecule has 6 rings (SSSR count). The summed E-state index contributed by atoms with van der Waals surface area (Å²) in [5.74, 6) is -2.78. The van der Waals surface area contributed by atoms with Crippen molar-refractivity contribution in [3.8, 4) is 22.5 Å². The molecule has 3 heterocycles. The van der Waals surface area contributed by atoms with Gasteiger partial charge in [-0.1, -0.05) is 13.8 Å². The van der Waals surface area contributed by atoms with E-state index >= 15 is 0 Å². The summed E-state index contributed by atoms with van der Waals surface area (Å²) in [7, 11) is 0. The third-order valence-corrected chi connectivity index (χ3v) is 9.36. The number of anilines is 1. The van der Waals surface area contributed by atoms with Gasteiger partial charge in [-0.15, -0.1) is 0 Å². The first-order valence-electron chi connectivity index (χ1n) is 14.8. The molecule has 244 valence electrons. The second kappa shape index (κ2) is 12.8. The van der Waals surface area contributed by atoms with Crippen molar-refractivity contribution in [3.05, 3.63) is 132 Å². The number of nitrogens with one attached hydrogen (secondary N) is 1. The van der Waals surface area contributed by atoms with E-state index in [1.165, 1.54) is 48.5 Å². The highest BCUT2D eigenvalue weighted by molar-refractivity contribution is 8.00. The number of thioether (sulfide) groups is 1. The zero-order chi connectivity index (χ0) is 34.2. The Labute approximate surface area is 277 Å². The summed E-state index contributed by atoms with van der Waals surface area (Å²) in [5.41, 5.74) is -2.36. The number of urea groups is 1. The molecular weight excluding hydrogens is 647 g/mol. The fraction of sp³-hybridized carbons (Fsp3) is 0.167. The molecule has 12 heteroatoms. The fourth-order valence-corrected chi connectivity index (χ4v) is 6.61. The van der Waals surface area contributed by atoms with Crippen LogP contribution < -0.4 is 10.2 Å². The highest BCUT2D eigenvalue weighted by Crippen LogP contribution is 2.46. The number of imide groups is 1. The lowest BCUT2D eigenvalue weighted by Gasteiger charge is -2.39. The molecule has 0 aliphatic carbocycles. The van der Waals surface area contributed by atoms with E-state index < -0.39 is 46.5 Å². The minimum Gasteiger partial charge on any atom is -0.322 e. The zero-order valence-corrected chi connectivity index (χ0v) is 26.3. The number of amides is 3. The van der Waals surface area contributed by atoms with Crippen LogP contribution in [0.1, 0.15) is 36.8 Å². The number of benzene rings is 3. The highest BCUT2D eigenvalue weighted by atomic mass is 32.2. The second-order valence-electron chi connectivity index (χ2n) is 11.4. The Morgan fingerprint density at radius 3 is 1.60 bits per heavy atom. The van der Waals surface area contributed by atoms with Crippen LogP contribution >= 0.6 is 11.8 Å². The Morgan fingerprint density at radius 2 is 1.17 bits per heavy atom. The number of halogens is 5. The van der Waals surface area contributed by atoms with Gasteiger partial charge in [0.1, 0.15) is 17.2 Å². The van der Waals surface area contributed by atoms with E-state index in [0.29, 0.717) is 33.6 Å². The molecule has 3 aromatic carbocycles. The lowest BCUT2D eigenvalue weighted by atomic mass is 9.69. The van der Waals surface area contributed by atoms with Crippen molar-refractivity contribution >= 4 is 29.4 Å². The van der Waals surface area contributed by atoms with Crippen LogP contribution in [-0.2, 0) is 4.79 Å². The molecule has 0 radical (unpaired) electrons. The van der Waals surface area contributed by atoms with E-state index in [-0.39, 0.29) is 22.3 Å². The van der Waals surface area contributed by atoms with Gasteiger partial charge in [-0.25, -0.2) is 18.5 Å². The number of carbonyl (C=O) groups is 2. The van der Waals surface area contributed by atoms with Crippen molar-refractivity contribution < 1.29 is 31.5 Å². The van der Waals surface area contributed by atoms with Crippen molar-refractivity contribution in [2.24, 2.45) is 0 Å². The number of hydrogen-bond acceptors (Lipinski definition) is 5. The summed E-state index contributed by atoms with van der Waals surface area (Å²) in [6, 6.07) is 22.9. The smallest absolute Gasteiger partial charge is 0.322 e. The van der Waals surface area contributed by atoms with Gasteiger partial charge in [0.15, 0.2) is 0 Å². The van der Waals surface area contributed by atoms with Crippen molar-refractivity contribution in [3.63, 3.8) is 0 Å². The average molecular weight is 675 g/mol. The first-order chi connectivity index (χ1) is 22.9. The number of alkyl halides is 3. The highest BCUT2D eigenvalue weighted by Gasteiger charge is 2.58. The van der Waals surface area contributed by atoms with Crippen molar-refractivity contribution in [1.29, 1.82) is 0 Å². The number of rotatable bonds is 8. The number of hydrogen-bond donors (Lipinski definition) is 1. The number of nitrogens with zero attached hydrogens (tertiary/aromatic N) is 3. The van der Waals surface area contributed by atoms with Crippen LogP contribution in [0.15, 0.2) is 114 Å². The summed E-state index contributed by atoms with van der Waals surface area (Å²) in [4.78, 5) is 38.2. The van der Waals surface area contributed by atoms with Crippen molar-refractivity contribution in [2.75, 3.05) is 4.90 Å². The van der Waals surface area contributed by atoms with Crippen LogP contribution in [-0.4, -0.2) is 33.0 Å². The van der Waals surface area contributed by atoms with E-state index in [2.05, 4.69) is 15.3 Å². The first-order valence-corrected chi connectivity index (χ1v) is 15.6. The summed E-state index contributed by atoms with van der Waals surface area (Å²) in [6.45, 7) is 3.60. The van der Waals surface area contributed by atoms with E-state index in [0.717, 1.165) is 4.90 Å². The minimum atomic E-state index is -4.50. The molecule has 1 aliphatic heterocycles. The van der Waals surface area contributed by atoms with E-state index in [1.807, 2.05) is 0 Å². The van der Waals surface area contributed by atoms with Gasteiger partial charge in [0.2, 0.25) is 0 Å². The second-order valence-corrected chi connectivity index (χ2v) is 12.5. The fourth-order valence-electron chi connectivity index (χ4n) is 6.07. The van der Waals surface area contributed by atoms with Gasteiger partial charge in [-0.05, 0) is 120 Å². The van der Waals surface area contributed by atoms with Gasteiger partial charge in [0.05, 0.1) is 17.1 Å².